The Morgan fingerprint density at radius 3 is 2.76 bits per heavy atom. The van der Waals surface area contributed by atoms with Crippen molar-refractivity contribution in [2.45, 2.75) is 32.5 Å². The Morgan fingerprint density at radius 1 is 1.59 bits per heavy atom. The number of hydrogen-bond donors (Lipinski definition) is 1. The molecule has 1 heterocycles. The number of rotatable bonds is 4. The molecule has 1 saturated heterocycles. The predicted molar refractivity (Wildman–Crippen MR) is 67.8 cm³/mol. The third-order valence-corrected chi connectivity index (χ3v) is 3.07. The van der Waals surface area contributed by atoms with Crippen molar-refractivity contribution in [1.82, 2.24) is 9.80 Å². The third kappa shape index (κ3) is 4.26. The molecule has 1 fully saturated rings. The monoisotopic (exact) mass is 243 g/mol. The normalized spacial score (nSPS) is 24.6. The van der Waals surface area contributed by atoms with Gasteiger partial charge in [0.15, 0.2) is 0 Å². The smallest absolute Gasteiger partial charge is 0.236 e. The number of morpholine rings is 1. The summed E-state index contributed by atoms with van der Waals surface area (Å²) in [6, 6.07) is 0. The van der Waals surface area contributed by atoms with E-state index in [0.717, 1.165) is 19.6 Å². The van der Waals surface area contributed by atoms with Crippen molar-refractivity contribution >= 4 is 5.91 Å². The van der Waals surface area contributed by atoms with Gasteiger partial charge in [-0.2, -0.15) is 0 Å². The lowest BCUT2D eigenvalue weighted by Crippen LogP contribution is -2.56. The zero-order valence-electron chi connectivity index (χ0n) is 11.4. The Labute approximate surface area is 104 Å². The van der Waals surface area contributed by atoms with Crippen LogP contribution < -0.4 is 5.73 Å². The molecule has 0 spiro atoms. The number of likely N-dealkylation sites (N-methyl/N-ethyl adjacent to an activating group) is 1. The van der Waals surface area contributed by atoms with Crippen molar-refractivity contribution in [3.8, 4) is 0 Å². The molecular weight excluding hydrogens is 218 g/mol. The van der Waals surface area contributed by atoms with Crippen LogP contribution in [0, 0.1) is 0 Å². The second-order valence-corrected chi connectivity index (χ2v) is 5.31. The summed E-state index contributed by atoms with van der Waals surface area (Å²) in [4.78, 5) is 15.7. The molecular formula is C12H25N3O2. The number of nitrogens with zero attached hydrogens (tertiary/aromatic N) is 2. The Morgan fingerprint density at radius 2 is 2.24 bits per heavy atom. The number of carbonyl (C=O) groups is 1. The second-order valence-electron chi connectivity index (χ2n) is 5.31. The highest BCUT2D eigenvalue weighted by molar-refractivity contribution is 5.77. The maximum Gasteiger partial charge on any atom is 0.236 e. The fourth-order valence-electron chi connectivity index (χ4n) is 2.15. The van der Waals surface area contributed by atoms with Crippen molar-refractivity contribution in [2.75, 3.05) is 39.8 Å². The van der Waals surface area contributed by atoms with Gasteiger partial charge in [-0.15, -0.1) is 0 Å². The maximum absolute atomic E-state index is 11.9. The highest BCUT2D eigenvalue weighted by atomic mass is 16.5. The summed E-state index contributed by atoms with van der Waals surface area (Å²) in [5.41, 5.74) is 5.43. The number of amides is 1. The molecule has 17 heavy (non-hydrogen) atoms. The van der Waals surface area contributed by atoms with Crippen molar-refractivity contribution in [2.24, 2.45) is 5.73 Å². The summed E-state index contributed by atoms with van der Waals surface area (Å²) in [5, 5.41) is 0. The molecule has 0 bridgehead atoms. The van der Waals surface area contributed by atoms with Gasteiger partial charge in [-0.1, -0.05) is 0 Å². The summed E-state index contributed by atoms with van der Waals surface area (Å²) in [7, 11) is 1.83. The van der Waals surface area contributed by atoms with E-state index in [2.05, 4.69) is 4.90 Å². The van der Waals surface area contributed by atoms with Gasteiger partial charge in [0.25, 0.3) is 0 Å². The Kier molecular flexibility index (Phi) is 4.91. The fourth-order valence-corrected chi connectivity index (χ4v) is 2.15. The van der Waals surface area contributed by atoms with Crippen LogP contribution >= 0.6 is 0 Å². The highest BCUT2D eigenvalue weighted by Gasteiger charge is 2.33. The fraction of sp³-hybridized carbons (Fsp3) is 0.917. The van der Waals surface area contributed by atoms with Crippen LogP contribution in [0.25, 0.3) is 0 Å². The summed E-state index contributed by atoms with van der Waals surface area (Å²) < 4.78 is 5.83. The summed E-state index contributed by atoms with van der Waals surface area (Å²) in [6.45, 7) is 9.25. The SMILES string of the molecule is CCN(C)C(=O)CN1CC(CN)OC(C)(C)C1. The van der Waals surface area contributed by atoms with Crippen LogP contribution in [0.5, 0.6) is 0 Å². The Bertz CT molecular complexity index is 268. The van der Waals surface area contributed by atoms with Crippen LogP contribution in [0.1, 0.15) is 20.8 Å². The lowest BCUT2D eigenvalue weighted by atomic mass is 10.1. The van der Waals surface area contributed by atoms with Gasteiger partial charge in [0.2, 0.25) is 5.91 Å². The van der Waals surface area contributed by atoms with Crippen molar-refractivity contribution in [3.05, 3.63) is 0 Å². The highest BCUT2D eigenvalue weighted by Crippen LogP contribution is 2.20. The quantitative estimate of drug-likeness (QED) is 0.749. The van der Waals surface area contributed by atoms with E-state index in [1.165, 1.54) is 0 Å². The van der Waals surface area contributed by atoms with Gasteiger partial charge < -0.3 is 15.4 Å². The van der Waals surface area contributed by atoms with E-state index in [1.807, 2.05) is 27.8 Å². The molecule has 1 atom stereocenters. The second kappa shape index (κ2) is 5.80. The van der Waals surface area contributed by atoms with Crippen LogP contribution in [0.15, 0.2) is 0 Å². The third-order valence-electron chi connectivity index (χ3n) is 3.07. The molecule has 0 aromatic carbocycles. The topological polar surface area (TPSA) is 58.8 Å². The molecule has 1 aliphatic heterocycles. The van der Waals surface area contributed by atoms with E-state index in [0.29, 0.717) is 13.1 Å². The molecule has 1 aliphatic rings. The van der Waals surface area contributed by atoms with Gasteiger partial charge in [0.05, 0.1) is 18.2 Å². The predicted octanol–water partition coefficient (Wildman–Crippen LogP) is -0.0972. The van der Waals surface area contributed by atoms with Gasteiger partial charge >= 0.3 is 0 Å². The number of ether oxygens (including phenoxy) is 1. The van der Waals surface area contributed by atoms with Crippen LogP contribution in [0.4, 0.5) is 0 Å². The molecule has 0 aromatic rings. The number of nitrogens with two attached hydrogens (primary N) is 1. The molecule has 1 rings (SSSR count). The Hall–Kier alpha value is -0.650. The summed E-state index contributed by atoms with van der Waals surface area (Å²) >= 11 is 0. The zero-order chi connectivity index (χ0) is 13.1. The first-order chi connectivity index (χ1) is 7.88. The van der Waals surface area contributed by atoms with Crippen LogP contribution in [0.3, 0.4) is 0 Å². The molecule has 0 radical (unpaired) electrons. The molecule has 2 N–H and O–H groups in total. The first-order valence-electron chi connectivity index (χ1n) is 6.22. The number of hydrogen-bond acceptors (Lipinski definition) is 4. The molecule has 1 amide bonds. The van der Waals surface area contributed by atoms with Gasteiger partial charge in [0, 0.05) is 33.2 Å². The van der Waals surface area contributed by atoms with Crippen LogP contribution in [0.2, 0.25) is 0 Å². The van der Waals surface area contributed by atoms with Gasteiger partial charge in [0.1, 0.15) is 0 Å². The van der Waals surface area contributed by atoms with Gasteiger partial charge in [-0.05, 0) is 20.8 Å². The standard InChI is InChI=1S/C12H25N3O2/c1-5-14(4)11(16)8-15-7-10(6-13)17-12(2,3)9-15/h10H,5-9,13H2,1-4H3. The van der Waals surface area contributed by atoms with Crippen molar-refractivity contribution in [3.63, 3.8) is 0 Å². The lowest BCUT2D eigenvalue weighted by molar-refractivity contribution is -0.146. The molecule has 1 unspecified atom stereocenters. The first kappa shape index (κ1) is 14.4. The van der Waals surface area contributed by atoms with E-state index in [4.69, 9.17) is 10.5 Å². The van der Waals surface area contributed by atoms with Crippen molar-refractivity contribution in [1.29, 1.82) is 0 Å². The van der Waals surface area contributed by atoms with Crippen LogP contribution in [-0.4, -0.2) is 67.2 Å². The summed E-state index contributed by atoms with van der Waals surface area (Å²) in [6.07, 6.45) is 0.0264. The maximum atomic E-state index is 11.9. The molecule has 0 saturated carbocycles. The average Bonchev–Trinajstić information content (AvgIpc) is 2.25. The zero-order valence-corrected chi connectivity index (χ0v) is 11.4. The molecule has 5 nitrogen and oxygen atoms in total. The van der Waals surface area contributed by atoms with E-state index >= 15 is 0 Å². The van der Waals surface area contributed by atoms with Crippen molar-refractivity contribution < 1.29 is 9.53 Å². The van der Waals surface area contributed by atoms with E-state index < -0.39 is 0 Å². The summed E-state index contributed by atoms with van der Waals surface area (Å²) in [5.74, 6) is 0.154. The van der Waals surface area contributed by atoms with Gasteiger partial charge in [-0.25, -0.2) is 0 Å². The largest absolute Gasteiger partial charge is 0.368 e. The number of carbonyl (C=O) groups excluding carboxylic acids is 1. The minimum Gasteiger partial charge on any atom is -0.368 e. The van der Waals surface area contributed by atoms with Crippen LogP contribution in [-0.2, 0) is 9.53 Å². The average molecular weight is 243 g/mol. The first-order valence-corrected chi connectivity index (χ1v) is 6.22. The van der Waals surface area contributed by atoms with E-state index in [1.54, 1.807) is 4.90 Å². The minimum atomic E-state index is -0.229. The van der Waals surface area contributed by atoms with Gasteiger partial charge in [-0.3, -0.25) is 9.69 Å². The molecule has 0 aliphatic carbocycles. The molecule has 0 aromatic heterocycles. The van der Waals surface area contributed by atoms with E-state index in [-0.39, 0.29) is 17.6 Å². The Balaban J connectivity index is 2.56. The van der Waals surface area contributed by atoms with E-state index in [9.17, 15) is 4.79 Å². The minimum absolute atomic E-state index is 0.0264. The lowest BCUT2D eigenvalue weighted by Gasteiger charge is -2.42. The molecule has 100 valence electrons. The molecule has 5 heteroatoms.